The number of aliphatic carboxylic acids is 1. The summed E-state index contributed by atoms with van der Waals surface area (Å²) in [7, 11) is -3.81. The number of ether oxygens (including phenoxy) is 1. The minimum Gasteiger partial charge on any atom is -0.480 e. The van der Waals surface area contributed by atoms with Gasteiger partial charge in [0.1, 0.15) is 15.8 Å². The van der Waals surface area contributed by atoms with Gasteiger partial charge in [0.05, 0.1) is 13.2 Å². The zero-order valence-corrected chi connectivity index (χ0v) is 14.9. The second-order valence-electron chi connectivity index (χ2n) is 5.28. The number of morpholine rings is 1. The van der Waals surface area contributed by atoms with Crippen molar-refractivity contribution in [1.29, 1.82) is 0 Å². The molecule has 1 aromatic heterocycles. The van der Waals surface area contributed by atoms with Crippen LogP contribution in [0, 0.1) is 0 Å². The molecule has 1 amide bonds. The van der Waals surface area contributed by atoms with E-state index in [1.54, 1.807) is 0 Å². The Hall–Kier alpha value is -1.49. The van der Waals surface area contributed by atoms with Crippen molar-refractivity contribution in [2.75, 3.05) is 26.3 Å². The van der Waals surface area contributed by atoms with Crippen molar-refractivity contribution < 1.29 is 27.9 Å². The van der Waals surface area contributed by atoms with Crippen molar-refractivity contribution in [3.05, 3.63) is 16.3 Å². The van der Waals surface area contributed by atoms with Crippen LogP contribution in [0.2, 0.25) is 0 Å². The molecule has 0 saturated carbocycles. The highest BCUT2D eigenvalue weighted by Crippen LogP contribution is 2.26. The Morgan fingerprint density at radius 1 is 1.42 bits per heavy atom. The van der Waals surface area contributed by atoms with E-state index >= 15 is 0 Å². The zero-order valence-electron chi connectivity index (χ0n) is 13.2. The second kappa shape index (κ2) is 8.06. The van der Waals surface area contributed by atoms with E-state index in [1.165, 1.54) is 15.8 Å². The highest BCUT2D eigenvalue weighted by molar-refractivity contribution is 7.89. The molecule has 1 fully saturated rings. The fourth-order valence-electron chi connectivity index (χ4n) is 2.36. The molecule has 1 aliphatic rings. The second-order valence-corrected chi connectivity index (χ2v) is 8.11. The summed E-state index contributed by atoms with van der Waals surface area (Å²) in [5, 5.41) is 13.0. The molecule has 0 aliphatic carbocycles. The summed E-state index contributed by atoms with van der Waals surface area (Å²) in [4.78, 5) is 23.5. The summed E-state index contributed by atoms with van der Waals surface area (Å²) in [6.07, 6.45) is 0.860. The molecule has 1 aromatic rings. The van der Waals surface area contributed by atoms with E-state index in [0.29, 0.717) is 19.6 Å². The first-order valence-corrected chi connectivity index (χ1v) is 9.89. The Kier molecular flexibility index (Phi) is 6.33. The van der Waals surface area contributed by atoms with Gasteiger partial charge in [0.25, 0.3) is 5.91 Å². The topological polar surface area (TPSA) is 113 Å². The molecule has 2 heterocycles. The number of amides is 1. The van der Waals surface area contributed by atoms with Crippen LogP contribution >= 0.6 is 11.3 Å². The summed E-state index contributed by atoms with van der Waals surface area (Å²) in [5.41, 5.74) is 0. The Balaban J connectivity index is 2.22. The Labute approximate surface area is 144 Å². The summed E-state index contributed by atoms with van der Waals surface area (Å²) in [5.74, 6) is -1.82. The molecule has 10 heteroatoms. The van der Waals surface area contributed by atoms with E-state index < -0.39 is 27.9 Å². The molecular formula is C14H20N2O6S2. The van der Waals surface area contributed by atoms with Gasteiger partial charge in [0, 0.05) is 13.1 Å². The fourth-order valence-corrected chi connectivity index (χ4v) is 5.07. The maximum atomic E-state index is 12.7. The van der Waals surface area contributed by atoms with E-state index in [0.717, 1.165) is 11.3 Å². The van der Waals surface area contributed by atoms with Crippen LogP contribution in [0.1, 0.15) is 29.4 Å². The molecule has 1 saturated heterocycles. The van der Waals surface area contributed by atoms with Gasteiger partial charge >= 0.3 is 5.97 Å². The van der Waals surface area contributed by atoms with Gasteiger partial charge < -0.3 is 15.2 Å². The lowest BCUT2D eigenvalue weighted by atomic mass is 10.1. The lowest BCUT2D eigenvalue weighted by Crippen LogP contribution is -2.42. The van der Waals surface area contributed by atoms with Crippen LogP contribution in [0.5, 0.6) is 0 Å². The van der Waals surface area contributed by atoms with Crippen LogP contribution in [-0.4, -0.2) is 62.1 Å². The number of carbonyl (C=O) groups is 2. The SMILES string of the molecule is CCCC(NC(=O)c1sccc1S(=O)(=O)N1CCOCC1)C(=O)O. The van der Waals surface area contributed by atoms with Crippen molar-refractivity contribution in [2.24, 2.45) is 0 Å². The van der Waals surface area contributed by atoms with Crippen LogP contribution < -0.4 is 5.32 Å². The van der Waals surface area contributed by atoms with Gasteiger partial charge in [0.2, 0.25) is 10.0 Å². The molecule has 1 atom stereocenters. The molecule has 8 nitrogen and oxygen atoms in total. The largest absolute Gasteiger partial charge is 0.480 e. The van der Waals surface area contributed by atoms with Crippen LogP contribution in [0.3, 0.4) is 0 Å². The Morgan fingerprint density at radius 3 is 2.67 bits per heavy atom. The number of hydrogen-bond acceptors (Lipinski definition) is 6. The molecule has 1 unspecified atom stereocenters. The number of carbonyl (C=O) groups excluding carboxylic acids is 1. The molecule has 0 spiro atoms. The third kappa shape index (κ3) is 4.12. The highest BCUT2D eigenvalue weighted by Gasteiger charge is 2.32. The lowest BCUT2D eigenvalue weighted by molar-refractivity contribution is -0.139. The first-order valence-electron chi connectivity index (χ1n) is 7.57. The van der Waals surface area contributed by atoms with Gasteiger partial charge in [-0.2, -0.15) is 4.31 Å². The molecule has 0 radical (unpaired) electrons. The minimum atomic E-state index is -3.81. The van der Waals surface area contributed by atoms with Gasteiger partial charge in [-0.05, 0) is 17.9 Å². The van der Waals surface area contributed by atoms with E-state index in [2.05, 4.69) is 5.32 Å². The van der Waals surface area contributed by atoms with Crippen LogP contribution in [0.4, 0.5) is 0 Å². The van der Waals surface area contributed by atoms with Crippen LogP contribution in [-0.2, 0) is 19.6 Å². The lowest BCUT2D eigenvalue weighted by Gasteiger charge is -2.26. The molecule has 2 N–H and O–H groups in total. The molecule has 134 valence electrons. The average molecular weight is 376 g/mol. The number of nitrogens with zero attached hydrogens (tertiary/aromatic N) is 1. The first kappa shape index (κ1) is 18.8. The van der Waals surface area contributed by atoms with E-state index in [9.17, 15) is 18.0 Å². The quantitative estimate of drug-likeness (QED) is 0.726. The van der Waals surface area contributed by atoms with Gasteiger partial charge in [-0.15, -0.1) is 11.3 Å². The molecule has 0 aromatic carbocycles. The minimum absolute atomic E-state index is 0.00356. The Bertz CT molecular complexity index is 694. The molecular weight excluding hydrogens is 356 g/mol. The van der Waals surface area contributed by atoms with Crippen molar-refractivity contribution in [2.45, 2.75) is 30.7 Å². The van der Waals surface area contributed by atoms with Crippen molar-refractivity contribution >= 4 is 33.2 Å². The number of carboxylic acids is 1. The standard InChI is InChI=1S/C14H20N2O6S2/c1-2-3-10(14(18)19)15-13(17)12-11(4-9-23-12)24(20,21)16-5-7-22-8-6-16/h4,9-10H,2-3,5-8H2,1H3,(H,15,17)(H,18,19). The van der Waals surface area contributed by atoms with Gasteiger partial charge in [0.15, 0.2) is 0 Å². The highest BCUT2D eigenvalue weighted by atomic mass is 32.2. The average Bonchev–Trinajstić information content (AvgIpc) is 3.05. The summed E-state index contributed by atoms with van der Waals surface area (Å²) in [6.45, 7) is 2.88. The first-order chi connectivity index (χ1) is 11.4. The summed E-state index contributed by atoms with van der Waals surface area (Å²) in [6, 6.07) is 0.337. The van der Waals surface area contributed by atoms with Gasteiger partial charge in [-0.1, -0.05) is 13.3 Å². The normalized spacial score (nSPS) is 17.4. The van der Waals surface area contributed by atoms with E-state index in [-0.39, 0.29) is 29.3 Å². The van der Waals surface area contributed by atoms with Crippen molar-refractivity contribution in [3.8, 4) is 0 Å². The smallest absolute Gasteiger partial charge is 0.326 e. The van der Waals surface area contributed by atoms with E-state index in [4.69, 9.17) is 9.84 Å². The van der Waals surface area contributed by atoms with Gasteiger partial charge in [-0.25, -0.2) is 13.2 Å². The predicted octanol–water partition coefficient (Wildman–Crippen LogP) is 0.752. The van der Waals surface area contributed by atoms with Crippen LogP contribution in [0.15, 0.2) is 16.3 Å². The Morgan fingerprint density at radius 2 is 2.08 bits per heavy atom. The van der Waals surface area contributed by atoms with Crippen molar-refractivity contribution in [3.63, 3.8) is 0 Å². The maximum Gasteiger partial charge on any atom is 0.326 e. The van der Waals surface area contributed by atoms with Crippen LogP contribution in [0.25, 0.3) is 0 Å². The number of rotatable bonds is 7. The maximum absolute atomic E-state index is 12.7. The summed E-state index contributed by atoms with van der Waals surface area (Å²) < 4.78 is 31.8. The molecule has 2 rings (SSSR count). The third-order valence-electron chi connectivity index (χ3n) is 3.60. The fraction of sp³-hybridized carbons (Fsp3) is 0.571. The van der Waals surface area contributed by atoms with E-state index in [1.807, 2.05) is 6.92 Å². The number of carboxylic acid groups (broad SMARTS) is 1. The molecule has 1 aliphatic heterocycles. The molecule has 24 heavy (non-hydrogen) atoms. The summed E-state index contributed by atoms with van der Waals surface area (Å²) >= 11 is 0.978. The van der Waals surface area contributed by atoms with Crippen molar-refractivity contribution in [1.82, 2.24) is 9.62 Å². The third-order valence-corrected chi connectivity index (χ3v) is 6.59. The predicted molar refractivity (Wildman–Crippen MR) is 87.7 cm³/mol. The number of hydrogen-bond donors (Lipinski definition) is 2. The number of nitrogens with one attached hydrogen (secondary N) is 1. The number of thiophene rings is 1. The van der Waals surface area contributed by atoms with Gasteiger partial charge in [-0.3, -0.25) is 4.79 Å². The number of sulfonamides is 1. The zero-order chi connectivity index (χ0) is 17.7. The molecule has 0 bridgehead atoms. The monoisotopic (exact) mass is 376 g/mol.